The van der Waals surface area contributed by atoms with Crippen molar-refractivity contribution >= 4 is 11.4 Å². The molecule has 0 spiro atoms. The lowest BCUT2D eigenvalue weighted by Crippen LogP contribution is -2.36. The maximum atomic E-state index is 11.0. The molecule has 0 saturated carbocycles. The summed E-state index contributed by atoms with van der Waals surface area (Å²) >= 11 is 0. The third kappa shape index (κ3) is 3.59. The molecule has 0 radical (unpaired) electrons. The van der Waals surface area contributed by atoms with Crippen molar-refractivity contribution in [3.8, 4) is 5.75 Å². The molecule has 6 nitrogen and oxygen atoms in total. The lowest BCUT2D eigenvalue weighted by molar-refractivity contribution is -0.384. The fourth-order valence-corrected chi connectivity index (χ4v) is 1.66. The zero-order valence-electron chi connectivity index (χ0n) is 11.0. The van der Waals surface area contributed by atoms with Crippen molar-refractivity contribution in [1.82, 2.24) is 0 Å². The second-order valence-electron chi connectivity index (χ2n) is 4.58. The summed E-state index contributed by atoms with van der Waals surface area (Å²) in [6, 6.07) is 4.59. The van der Waals surface area contributed by atoms with E-state index in [0.717, 1.165) is 0 Å². The predicted octanol–water partition coefficient (Wildman–Crippen LogP) is 2.44. The summed E-state index contributed by atoms with van der Waals surface area (Å²) in [4.78, 5) is 10.5. The molecule has 0 fully saturated rings. The first kappa shape index (κ1) is 14.2. The third-order valence-corrected chi connectivity index (χ3v) is 2.38. The summed E-state index contributed by atoms with van der Waals surface area (Å²) in [5.74, 6) is 0.566. The molecule has 0 aromatic heterocycles. The number of nitro groups is 1. The van der Waals surface area contributed by atoms with E-state index in [2.05, 4.69) is 5.32 Å². The molecule has 18 heavy (non-hydrogen) atoms. The van der Waals surface area contributed by atoms with Crippen LogP contribution in [0.2, 0.25) is 0 Å². The first-order chi connectivity index (χ1) is 8.39. The Morgan fingerprint density at radius 2 is 2.06 bits per heavy atom. The minimum Gasteiger partial charge on any atom is -0.497 e. The molecule has 1 aromatic rings. The average Bonchev–Trinajstić information content (AvgIpc) is 2.27. The van der Waals surface area contributed by atoms with E-state index in [9.17, 15) is 10.1 Å². The van der Waals surface area contributed by atoms with E-state index >= 15 is 0 Å². The number of hydrogen-bond donors (Lipinski definition) is 1. The fraction of sp³-hybridized carbons (Fsp3) is 0.500. The highest BCUT2D eigenvalue weighted by molar-refractivity contribution is 5.65. The van der Waals surface area contributed by atoms with Crippen LogP contribution in [0.3, 0.4) is 0 Å². The van der Waals surface area contributed by atoms with Gasteiger partial charge in [-0.3, -0.25) is 10.1 Å². The number of nitrogens with one attached hydrogen (secondary N) is 1. The molecule has 0 aliphatic rings. The van der Waals surface area contributed by atoms with E-state index < -0.39 is 10.5 Å². The Bertz CT molecular complexity index is 432. The number of nitrogens with zero attached hydrogens (tertiary/aromatic N) is 1. The normalized spacial score (nSPS) is 11.1. The second kappa shape index (κ2) is 5.68. The lowest BCUT2D eigenvalue weighted by atomic mass is 10.1. The average molecular weight is 254 g/mol. The standard InChI is InChI=1S/C12H18N2O4/c1-12(2,8-17-3)13-10-7-9(18-4)5-6-11(10)14(15)16/h5-7,13H,8H2,1-4H3. The van der Waals surface area contributed by atoms with Gasteiger partial charge in [-0.15, -0.1) is 0 Å². The number of benzene rings is 1. The molecule has 1 aromatic carbocycles. The first-order valence-electron chi connectivity index (χ1n) is 5.49. The number of hydrogen-bond acceptors (Lipinski definition) is 5. The lowest BCUT2D eigenvalue weighted by Gasteiger charge is -2.26. The molecular weight excluding hydrogens is 236 g/mol. The van der Waals surface area contributed by atoms with E-state index in [0.29, 0.717) is 18.0 Å². The SMILES string of the molecule is COCC(C)(C)Nc1cc(OC)ccc1[N+](=O)[O-]. The van der Waals surface area contributed by atoms with Crippen LogP contribution in [0.15, 0.2) is 18.2 Å². The van der Waals surface area contributed by atoms with Gasteiger partial charge in [0, 0.05) is 19.2 Å². The predicted molar refractivity (Wildman–Crippen MR) is 69.2 cm³/mol. The van der Waals surface area contributed by atoms with Crippen LogP contribution < -0.4 is 10.1 Å². The van der Waals surface area contributed by atoms with Gasteiger partial charge in [0.1, 0.15) is 11.4 Å². The van der Waals surface area contributed by atoms with Crippen LogP contribution in [0.25, 0.3) is 0 Å². The van der Waals surface area contributed by atoms with Crippen LogP contribution in [0.1, 0.15) is 13.8 Å². The number of nitro benzene ring substituents is 1. The van der Waals surface area contributed by atoms with Crippen LogP contribution in [0.5, 0.6) is 5.75 Å². The Morgan fingerprint density at radius 1 is 1.39 bits per heavy atom. The summed E-state index contributed by atoms with van der Waals surface area (Å²) < 4.78 is 10.1. The molecule has 100 valence electrons. The first-order valence-corrected chi connectivity index (χ1v) is 5.49. The van der Waals surface area contributed by atoms with Crippen molar-refractivity contribution in [1.29, 1.82) is 0 Å². The van der Waals surface area contributed by atoms with Crippen LogP contribution >= 0.6 is 0 Å². The summed E-state index contributed by atoms with van der Waals surface area (Å²) in [6.07, 6.45) is 0. The zero-order chi connectivity index (χ0) is 13.8. The number of ether oxygens (including phenoxy) is 2. The molecule has 6 heteroatoms. The highest BCUT2D eigenvalue weighted by atomic mass is 16.6. The third-order valence-electron chi connectivity index (χ3n) is 2.38. The maximum absolute atomic E-state index is 11.0. The summed E-state index contributed by atoms with van der Waals surface area (Å²) in [6.45, 7) is 4.24. The Kier molecular flexibility index (Phi) is 4.49. The quantitative estimate of drug-likeness (QED) is 0.623. The molecule has 0 heterocycles. The second-order valence-corrected chi connectivity index (χ2v) is 4.58. The van der Waals surface area contributed by atoms with Gasteiger partial charge in [0.2, 0.25) is 0 Å². The Hall–Kier alpha value is -1.82. The van der Waals surface area contributed by atoms with Crippen molar-refractivity contribution < 1.29 is 14.4 Å². The Balaban J connectivity index is 3.08. The van der Waals surface area contributed by atoms with Crippen LogP contribution in [0.4, 0.5) is 11.4 Å². The largest absolute Gasteiger partial charge is 0.497 e. The molecule has 0 aliphatic carbocycles. The number of rotatable bonds is 6. The highest BCUT2D eigenvalue weighted by Gasteiger charge is 2.23. The van der Waals surface area contributed by atoms with Gasteiger partial charge < -0.3 is 14.8 Å². The van der Waals surface area contributed by atoms with E-state index in [1.165, 1.54) is 13.2 Å². The van der Waals surface area contributed by atoms with Crippen molar-refractivity contribution in [3.05, 3.63) is 28.3 Å². The minimum atomic E-state index is -0.426. The summed E-state index contributed by atoms with van der Waals surface area (Å²) in [7, 11) is 3.11. The van der Waals surface area contributed by atoms with Gasteiger partial charge in [0.25, 0.3) is 5.69 Å². The molecule has 0 atom stereocenters. The van der Waals surface area contributed by atoms with Crippen LogP contribution in [0, 0.1) is 10.1 Å². The molecule has 1 N–H and O–H groups in total. The summed E-state index contributed by atoms with van der Waals surface area (Å²) in [5.41, 5.74) is 0.0210. The highest BCUT2D eigenvalue weighted by Crippen LogP contribution is 2.31. The minimum absolute atomic E-state index is 0.0139. The molecule has 0 unspecified atom stereocenters. The smallest absolute Gasteiger partial charge is 0.292 e. The molecule has 1 rings (SSSR count). The maximum Gasteiger partial charge on any atom is 0.292 e. The van der Waals surface area contributed by atoms with E-state index in [4.69, 9.17) is 9.47 Å². The molecule has 0 saturated heterocycles. The number of anilines is 1. The van der Waals surface area contributed by atoms with Gasteiger partial charge in [0.05, 0.1) is 24.2 Å². The molecular formula is C12H18N2O4. The Labute approximate surface area is 106 Å². The van der Waals surface area contributed by atoms with Gasteiger partial charge in [-0.2, -0.15) is 0 Å². The fourth-order valence-electron chi connectivity index (χ4n) is 1.66. The number of methoxy groups -OCH3 is 2. The van der Waals surface area contributed by atoms with Crippen LogP contribution in [-0.4, -0.2) is 31.3 Å². The van der Waals surface area contributed by atoms with E-state index in [1.807, 2.05) is 13.8 Å². The topological polar surface area (TPSA) is 73.6 Å². The molecule has 0 bridgehead atoms. The van der Waals surface area contributed by atoms with Gasteiger partial charge >= 0.3 is 0 Å². The van der Waals surface area contributed by atoms with Gasteiger partial charge in [-0.05, 0) is 19.9 Å². The van der Waals surface area contributed by atoms with Crippen molar-refractivity contribution in [2.45, 2.75) is 19.4 Å². The molecule has 0 aliphatic heterocycles. The van der Waals surface area contributed by atoms with E-state index in [-0.39, 0.29) is 5.69 Å². The van der Waals surface area contributed by atoms with Crippen molar-refractivity contribution in [2.24, 2.45) is 0 Å². The van der Waals surface area contributed by atoms with Gasteiger partial charge in [0.15, 0.2) is 0 Å². The van der Waals surface area contributed by atoms with Crippen molar-refractivity contribution in [3.63, 3.8) is 0 Å². The Morgan fingerprint density at radius 3 is 2.56 bits per heavy atom. The van der Waals surface area contributed by atoms with Gasteiger partial charge in [-0.25, -0.2) is 0 Å². The van der Waals surface area contributed by atoms with Gasteiger partial charge in [-0.1, -0.05) is 0 Å². The van der Waals surface area contributed by atoms with Crippen LogP contribution in [-0.2, 0) is 4.74 Å². The summed E-state index contributed by atoms with van der Waals surface area (Å²) in [5, 5.41) is 14.1. The zero-order valence-corrected chi connectivity index (χ0v) is 11.0. The molecule has 0 amide bonds. The monoisotopic (exact) mass is 254 g/mol. The van der Waals surface area contributed by atoms with E-state index in [1.54, 1.807) is 19.2 Å². The van der Waals surface area contributed by atoms with Crippen molar-refractivity contribution in [2.75, 3.05) is 26.1 Å².